The Morgan fingerprint density at radius 2 is 1.75 bits per heavy atom. The number of hydrogen-bond donors (Lipinski definition) is 0. The average molecular weight is 394 g/mol. The third-order valence-corrected chi connectivity index (χ3v) is 5.72. The van der Waals surface area contributed by atoms with E-state index < -0.39 is 11.9 Å². The molecule has 0 aromatic carbocycles. The summed E-state index contributed by atoms with van der Waals surface area (Å²) in [5.41, 5.74) is 0.387. The molecule has 0 saturated carbocycles. The first-order chi connectivity index (χ1) is 13.5. The Morgan fingerprint density at radius 3 is 2.39 bits per heavy atom. The summed E-state index contributed by atoms with van der Waals surface area (Å²) >= 11 is 0. The van der Waals surface area contributed by atoms with E-state index in [4.69, 9.17) is 4.42 Å². The largest absolute Gasteiger partial charge is 0.472 e. The van der Waals surface area contributed by atoms with Gasteiger partial charge in [0.15, 0.2) is 0 Å². The fraction of sp³-hybridized carbons (Fsp3) is 0.550. The van der Waals surface area contributed by atoms with Crippen LogP contribution in [0.25, 0.3) is 0 Å². The number of halogens is 3. The predicted octanol–water partition coefficient (Wildman–Crippen LogP) is 3.48. The van der Waals surface area contributed by atoms with Gasteiger partial charge in [-0.15, -0.1) is 0 Å². The number of piperazine rings is 1. The van der Waals surface area contributed by atoms with Crippen LogP contribution in [0.2, 0.25) is 0 Å². The van der Waals surface area contributed by atoms with Gasteiger partial charge in [-0.3, -0.25) is 9.80 Å². The molecule has 2 aliphatic rings. The lowest BCUT2D eigenvalue weighted by molar-refractivity contribution is -0.141. The summed E-state index contributed by atoms with van der Waals surface area (Å²) in [6, 6.07) is 6.69. The van der Waals surface area contributed by atoms with Crippen LogP contribution in [0, 0.1) is 0 Å². The number of nitrogens with zero attached hydrogens (tertiary/aromatic N) is 4. The molecule has 2 fully saturated rings. The van der Waals surface area contributed by atoms with Crippen LogP contribution in [0.5, 0.6) is 0 Å². The molecule has 152 valence electrons. The standard InChI is InChI=1S/C20H25F3N4O/c21-20(22,23)18-2-1-3-19(24-18)27-11-9-26(10-12-27)17-4-7-25(8-5-17)14-16-6-13-28-15-16/h1-3,6,13,15,17H,4-5,7-12,14H2. The molecule has 0 unspecified atom stereocenters. The van der Waals surface area contributed by atoms with Gasteiger partial charge in [-0.2, -0.15) is 13.2 Å². The van der Waals surface area contributed by atoms with Crippen LogP contribution in [0.3, 0.4) is 0 Å². The van der Waals surface area contributed by atoms with Gasteiger partial charge in [0.05, 0.1) is 12.5 Å². The van der Waals surface area contributed by atoms with Gasteiger partial charge in [-0.25, -0.2) is 4.98 Å². The fourth-order valence-electron chi connectivity index (χ4n) is 4.16. The molecule has 28 heavy (non-hydrogen) atoms. The molecule has 4 rings (SSSR count). The highest BCUT2D eigenvalue weighted by Gasteiger charge is 2.33. The molecule has 2 saturated heterocycles. The van der Waals surface area contributed by atoms with Gasteiger partial charge in [0.1, 0.15) is 11.5 Å². The third-order valence-electron chi connectivity index (χ3n) is 5.72. The summed E-state index contributed by atoms with van der Waals surface area (Å²) in [6.07, 6.45) is 1.36. The van der Waals surface area contributed by atoms with Crippen LogP contribution < -0.4 is 4.90 Å². The number of alkyl halides is 3. The van der Waals surface area contributed by atoms with Crippen LogP contribution in [-0.4, -0.2) is 60.1 Å². The molecule has 0 spiro atoms. The molecule has 4 heterocycles. The number of likely N-dealkylation sites (tertiary alicyclic amines) is 1. The summed E-state index contributed by atoms with van der Waals surface area (Å²) in [5, 5.41) is 0. The summed E-state index contributed by atoms with van der Waals surface area (Å²) in [6.45, 7) is 6.20. The van der Waals surface area contributed by atoms with Crippen molar-refractivity contribution in [1.29, 1.82) is 0 Å². The van der Waals surface area contributed by atoms with Crippen LogP contribution in [-0.2, 0) is 12.7 Å². The maximum Gasteiger partial charge on any atom is 0.433 e. The number of hydrogen-bond acceptors (Lipinski definition) is 5. The number of piperidine rings is 1. The molecule has 2 aliphatic heterocycles. The second-order valence-corrected chi connectivity index (χ2v) is 7.54. The number of anilines is 1. The number of aromatic nitrogens is 1. The number of furan rings is 1. The Bertz CT molecular complexity index is 749. The minimum atomic E-state index is -4.40. The Labute approximate surface area is 162 Å². The van der Waals surface area contributed by atoms with Gasteiger partial charge in [-0.1, -0.05) is 6.07 Å². The second kappa shape index (κ2) is 8.13. The van der Waals surface area contributed by atoms with Gasteiger partial charge in [0.2, 0.25) is 0 Å². The highest BCUT2D eigenvalue weighted by Crippen LogP contribution is 2.29. The lowest BCUT2D eigenvalue weighted by Gasteiger charge is -2.43. The van der Waals surface area contributed by atoms with E-state index >= 15 is 0 Å². The summed E-state index contributed by atoms with van der Waals surface area (Å²) < 4.78 is 43.8. The van der Waals surface area contributed by atoms with Crippen molar-refractivity contribution in [2.24, 2.45) is 0 Å². The highest BCUT2D eigenvalue weighted by atomic mass is 19.4. The molecular weight excluding hydrogens is 369 g/mol. The van der Waals surface area contributed by atoms with E-state index in [0.717, 1.165) is 51.6 Å². The molecule has 2 aromatic heterocycles. The number of rotatable bonds is 4. The Balaban J connectivity index is 1.27. The molecule has 0 N–H and O–H groups in total. The zero-order valence-electron chi connectivity index (χ0n) is 15.7. The van der Waals surface area contributed by atoms with E-state index in [1.807, 2.05) is 11.0 Å². The SMILES string of the molecule is FC(F)(F)c1cccc(N2CCN(C3CCN(Cc4ccoc4)CC3)CC2)n1. The quantitative estimate of drug-likeness (QED) is 0.794. The molecule has 0 atom stereocenters. The van der Waals surface area contributed by atoms with Crippen molar-refractivity contribution >= 4 is 5.82 Å². The minimum absolute atomic E-state index is 0.421. The first-order valence-electron chi connectivity index (χ1n) is 9.76. The molecule has 0 bridgehead atoms. The molecule has 8 heteroatoms. The van der Waals surface area contributed by atoms with Crippen LogP contribution in [0.4, 0.5) is 19.0 Å². The lowest BCUT2D eigenvalue weighted by atomic mass is 10.0. The molecule has 0 amide bonds. The Hall–Kier alpha value is -2.06. The van der Waals surface area contributed by atoms with E-state index in [0.29, 0.717) is 24.9 Å². The maximum atomic E-state index is 12.9. The van der Waals surface area contributed by atoms with E-state index in [1.54, 1.807) is 18.6 Å². The monoisotopic (exact) mass is 394 g/mol. The van der Waals surface area contributed by atoms with Crippen molar-refractivity contribution in [3.05, 3.63) is 48.0 Å². The molecule has 0 radical (unpaired) electrons. The first-order valence-corrected chi connectivity index (χ1v) is 9.76. The smallest absolute Gasteiger partial charge is 0.433 e. The van der Waals surface area contributed by atoms with Crippen LogP contribution >= 0.6 is 0 Å². The van der Waals surface area contributed by atoms with Crippen molar-refractivity contribution < 1.29 is 17.6 Å². The van der Waals surface area contributed by atoms with Crippen LogP contribution in [0.15, 0.2) is 41.2 Å². The van der Waals surface area contributed by atoms with Gasteiger partial charge < -0.3 is 9.32 Å². The molecule has 5 nitrogen and oxygen atoms in total. The first kappa shape index (κ1) is 19.3. The zero-order valence-corrected chi connectivity index (χ0v) is 15.7. The molecule has 0 aliphatic carbocycles. The number of pyridine rings is 1. The van der Waals surface area contributed by atoms with Gasteiger partial charge in [0, 0.05) is 44.3 Å². The molecule has 2 aromatic rings. The van der Waals surface area contributed by atoms with Gasteiger partial charge >= 0.3 is 6.18 Å². The fourth-order valence-corrected chi connectivity index (χ4v) is 4.16. The zero-order chi connectivity index (χ0) is 19.6. The maximum absolute atomic E-state index is 12.9. The average Bonchev–Trinajstić information content (AvgIpc) is 3.21. The van der Waals surface area contributed by atoms with Crippen molar-refractivity contribution in [3.8, 4) is 0 Å². The van der Waals surface area contributed by atoms with Gasteiger partial charge in [0.25, 0.3) is 0 Å². The summed E-state index contributed by atoms with van der Waals surface area (Å²) in [5.74, 6) is 0.421. The Kier molecular flexibility index (Phi) is 5.59. The van der Waals surface area contributed by atoms with Gasteiger partial charge in [-0.05, 0) is 44.1 Å². The van der Waals surface area contributed by atoms with E-state index in [9.17, 15) is 13.2 Å². The van der Waals surface area contributed by atoms with Crippen molar-refractivity contribution in [2.75, 3.05) is 44.2 Å². The highest BCUT2D eigenvalue weighted by molar-refractivity contribution is 5.40. The van der Waals surface area contributed by atoms with Crippen molar-refractivity contribution in [1.82, 2.24) is 14.8 Å². The summed E-state index contributed by atoms with van der Waals surface area (Å²) in [4.78, 5) is 10.7. The van der Waals surface area contributed by atoms with E-state index in [-0.39, 0.29) is 0 Å². The van der Waals surface area contributed by atoms with E-state index in [1.165, 1.54) is 11.6 Å². The van der Waals surface area contributed by atoms with Crippen molar-refractivity contribution in [3.63, 3.8) is 0 Å². The predicted molar refractivity (Wildman–Crippen MR) is 100 cm³/mol. The third kappa shape index (κ3) is 4.50. The lowest BCUT2D eigenvalue weighted by Crippen LogP contribution is -2.53. The van der Waals surface area contributed by atoms with Crippen LogP contribution in [0.1, 0.15) is 24.1 Å². The summed E-state index contributed by atoms with van der Waals surface area (Å²) in [7, 11) is 0. The Morgan fingerprint density at radius 1 is 1.00 bits per heavy atom. The topological polar surface area (TPSA) is 35.8 Å². The van der Waals surface area contributed by atoms with Crippen molar-refractivity contribution in [2.45, 2.75) is 31.6 Å². The minimum Gasteiger partial charge on any atom is -0.472 e. The van der Waals surface area contributed by atoms with E-state index in [2.05, 4.69) is 14.8 Å². The second-order valence-electron chi connectivity index (χ2n) is 7.54. The normalized spacial score (nSPS) is 20.6. The molecular formula is C20H25F3N4O.